The number of nitrogens with one attached hydrogen (secondary N) is 1. The van der Waals surface area contributed by atoms with Crippen molar-refractivity contribution in [3.63, 3.8) is 0 Å². The van der Waals surface area contributed by atoms with Crippen LogP contribution < -0.4 is 11.1 Å². The number of carbonyl (C=O) groups is 3. The second-order valence-electron chi connectivity index (χ2n) is 8.86. The summed E-state index contributed by atoms with van der Waals surface area (Å²) < 4.78 is 13.4. The zero-order valence-electron chi connectivity index (χ0n) is 18.8. The fourth-order valence-corrected chi connectivity index (χ4v) is 4.71. The molecule has 0 radical (unpaired) electrons. The molecular formula is C25H28ClFN4O3. The van der Waals surface area contributed by atoms with Crippen LogP contribution in [0.2, 0.25) is 5.02 Å². The van der Waals surface area contributed by atoms with Crippen LogP contribution >= 0.6 is 11.6 Å². The van der Waals surface area contributed by atoms with Gasteiger partial charge in [0.1, 0.15) is 5.82 Å². The van der Waals surface area contributed by atoms with Gasteiger partial charge in [-0.15, -0.1) is 0 Å². The van der Waals surface area contributed by atoms with Gasteiger partial charge in [0.2, 0.25) is 0 Å². The van der Waals surface area contributed by atoms with Crippen molar-refractivity contribution in [1.29, 1.82) is 0 Å². The number of rotatable bonds is 4. The molecule has 0 bridgehead atoms. The standard InChI is InChI=1S/C25H28ClFN4O3/c26-18-6-2-16(3-7-18)24(33)30-14-1-15-31(25(34)17-4-8-19(27)9-5-17)23(30)22(32)29-21-12-10-20(28)11-13-21/h2-9,20-21,23H,1,10-15,28H2,(H,29,32). The van der Waals surface area contributed by atoms with Crippen LogP contribution in [-0.2, 0) is 4.79 Å². The van der Waals surface area contributed by atoms with Gasteiger partial charge in [0, 0.05) is 41.3 Å². The van der Waals surface area contributed by atoms with Gasteiger partial charge in [0.15, 0.2) is 6.17 Å². The second kappa shape index (κ2) is 10.5. The van der Waals surface area contributed by atoms with Gasteiger partial charge in [-0.3, -0.25) is 14.4 Å². The summed E-state index contributed by atoms with van der Waals surface area (Å²) in [5.74, 6) is -1.66. The minimum absolute atomic E-state index is 0.0653. The van der Waals surface area contributed by atoms with Crippen molar-refractivity contribution < 1.29 is 18.8 Å². The Labute approximate surface area is 203 Å². The molecule has 2 aromatic rings. The predicted octanol–water partition coefficient (Wildman–Crippen LogP) is 3.18. The van der Waals surface area contributed by atoms with E-state index in [0.29, 0.717) is 30.1 Å². The summed E-state index contributed by atoms with van der Waals surface area (Å²) >= 11 is 5.97. The lowest BCUT2D eigenvalue weighted by molar-refractivity contribution is -0.133. The maximum atomic E-state index is 13.5. The Morgan fingerprint density at radius 3 is 1.88 bits per heavy atom. The predicted molar refractivity (Wildman–Crippen MR) is 127 cm³/mol. The third kappa shape index (κ3) is 5.39. The van der Waals surface area contributed by atoms with Gasteiger partial charge in [0.05, 0.1) is 0 Å². The number of nitrogens with two attached hydrogens (primary N) is 1. The van der Waals surface area contributed by atoms with E-state index in [1.807, 2.05) is 0 Å². The molecule has 1 atom stereocenters. The van der Waals surface area contributed by atoms with Crippen LogP contribution in [0.25, 0.3) is 0 Å². The van der Waals surface area contributed by atoms with Crippen LogP contribution in [0.1, 0.15) is 52.8 Å². The zero-order valence-corrected chi connectivity index (χ0v) is 19.5. The summed E-state index contributed by atoms with van der Waals surface area (Å²) in [6.45, 7) is 0.622. The van der Waals surface area contributed by atoms with Crippen LogP contribution in [0.15, 0.2) is 48.5 Å². The number of benzene rings is 2. The second-order valence-corrected chi connectivity index (χ2v) is 9.29. The Hall–Kier alpha value is -2.97. The minimum Gasteiger partial charge on any atom is -0.350 e. The molecule has 0 aromatic heterocycles. The summed E-state index contributed by atoms with van der Waals surface area (Å²) in [7, 11) is 0. The summed E-state index contributed by atoms with van der Waals surface area (Å²) in [4.78, 5) is 43.1. The molecule has 2 fully saturated rings. The third-order valence-electron chi connectivity index (χ3n) is 6.45. The van der Waals surface area contributed by atoms with Crippen molar-refractivity contribution >= 4 is 29.3 Å². The van der Waals surface area contributed by atoms with Gasteiger partial charge in [0.25, 0.3) is 17.7 Å². The van der Waals surface area contributed by atoms with Crippen LogP contribution in [-0.4, -0.2) is 58.9 Å². The Morgan fingerprint density at radius 2 is 1.35 bits per heavy atom. The molecule has 1 saturated carbocycles. The molecule has 2 aliphatic rings. The van der Waals surface area contributed by atoms with E-state index in [1.165, 1.54) is 34.1 Å². The largest absolute Gasteiger partial charge is 0.350 e. The average molecular weight is 487 g/mol. The SMILES string of the molecule is NC1CCC(NC(=O)C2N(C(=O)c3ccc(F)cc3)CCCN2C(=O)c2ccc(Cl)cc2)CC1. The summed E-state index contributed by atoms with van der Waals surface area (Å²) in [5, 5.41) is 3.53. The summed E-state index contributed by atoms with van der Waals surface area (Å²) in [6, 6.07) is 11.7. The van der Waals surface area contributed by atoms with Gasteiger partial charge in [-0.1, -0.05) is 11.6 Å². The zero-order chi connectivity index (χ0) is 24.2. The van der Waals surface area contributed by atoms with E-state index in [9.17, 15) is 18.8 Å². The number of nitrogens with zero attached hydrogens (tertiary/aromatic N) is 2. The average Bonchev–Trinajstić information content (AvgIpc) is 2.85. The number of hydrogen-bond donors (Lipinski definition) is 2. The third-order valence-corrected chi connectivity index (χ3v) is 6.70. The van der Waals surface area contributed by atoms with Crippen molar-refractivity contribution in [1.82, 2.24) is 15.1 Å². The highest BCUT2D eigenvalue weighted by Crippen LogP contribution is 2.23. The summed E-state index contributed by atoms with van der Waals surface area (Å²) in [5.41, 5.74) is 6.62. The van der Waals surface area contributed by atoms with Crippen LogP contribution in [0.5, 0.6) is 0 Å². The first-order chi connectivity index (χ1) is 16.3. The van der Waals surface area contributed by atoms with Gasteiger partial charge in [-0.25, -0.2) is 4.39 Å². The molecule has 1 aliphatic carbocycles. The van der Waals surface area contributed by atoms with E-state index in [1.54, 1.807) is 24.3 Å². The van der Waals surface area contributed by atoms with Crippen molar-refractivity contribution in [3.8, 4) is 0 Å². The first-order valence-corrected chi connectivity index (χ1v) is 11.9. The normalized spacial score (nSPS) is 22.9. The van der Waals surface area contributed by atoms with E-state index in [2.05, 4.69) is 5.32 Å². The maximum Gasteiger partial charge on any atom is 0.264 e. The van der Waals surface area contributed by atoms with E-state index in [-0.39, 0.29) is 23.6 Å². The highest BCUT2D eigenvalue weighted by atomic mass is 35.5. The Morgan fingerprint density at radius 1 is 0.853 bits per heavy atom. The molecule has 7 nitrogen and oxygen atoms in total. The van der Waals surface area contributed by atoms with E-state index in [0.717, 1.165) is 25.7 Å². The fraction of sp³-hybridized carbons (Fsp3) is 0.400. The van der Waals surface area contributed by atoms with Crippen LogP contribution in [0.3, 0.4) is 0 Å². The first-order valence-electron chi connectivity index (χ1n) is 11.5. The highest BCUT2D eigenvalue weighted by molar-refractivity contribution is 6.30. The fourth-order valence-electron chi connectivity index (χ4n) is 4.59. The molecule has 34 heavy (non-hydrogen) atoms. The van der Waals surface area contributed by atoms with Gasteiger partial charge >= 0.3 is 0 Å². The summed E-state index contributed by atoms with van der Waals surface area (Å²) in [6.07, 6.45) is 2.49. The number of hydrogen-bond acceptors (Lipinski definition) is 4. The lowest BCUT2D eigenvalue weighted by atomic mass is 9.91. The van der Waals surface area contributed by atoms with Crippen molar-refractivity contribution in [3.05, 3.63) is 70.5 Å². The molecule has 1 aliphatic heterocycles. The first kappa shape index (κ1) is 24.2. The minimum atomic E-state index is -1.12. The molecule has 2 aromatic carbocycles. The molecule has 180 valence electrons. The Bertz CT molecular complexity index is 974. The van der Waals surface area contributed by atoms with E-state index in [4.69, 9.17) is 17.3 Å². The van der Waals surface area contributed by atoms with Gasteiger partial charge in [-0.05, 0) is 80.6 Å². The van der Waals surface area contributed by atoms with Gasteiger partial charge in [-0.2, -0.15) is 0 Å². The van der Waals surface area contributed by atoms with Crippen molar-refractivity contribution in [2.75, 3.05) is 13.1 Å². The van der Waals surface area contributed by atoms with Gasteiger partial charge < -0.3 is 20.9 Å². The van der Waals surface area contributed by atoms with Crippen molar-refractivity contribution in [2.24, 2.45) is 5.73 Å². The lowest BCUT2D eigenvalue weighted by Gasteiger charge is -2.43. The molecule has 9 heteroatoms. The molecule has 3 amide bonds. The quantitative estimate of drug-likeness (QED) is 0.693. The Kier molecular flexibility index (Phi) is 7.48. The Balaban J connectivity index is 1.62. The molecule has 1 unspecified atom stereocenters. The molecule has 1 saturated heterocycles. The van der Waals surface area contributed by atoms with E-state index >= 15 is 0 Å². The van der Waals surface area contributed by atoms with Crippen molar-refractivity contribution in [2.45, 2.75) is 50.4 Å². The molecule has 4 rings (SSSR count). The van der Waals surface area contributed by atoms with Crippen LogP contribution in [0.4, 0.5) is 4.39 Å². The highest BCUT2D eigenvalue weighted by Gasteiger charge is 2.41. The molecule has 3 N–H and O–H groups in total. The molecule has 1 heterocycles. The number of halogens is 2. The topological polar surface area (TPSA) is 95.7 Å². The lowest BCUT2D eigenvalue weighted by Crippen LogP contribution is -2.64. The smallest absolute Gasteiger partial charge is 0.264 e. The maximum absolute atomic E-state index is 13.5. The van der Waals surface area contributed by atoms with Crippen LogP contribution in [0, 0.1) is 5.82 Å². The molecule has 0 spiro atoms. The number of amides is 3. The molecular weight excluding hydrogens is 459 g/mol. The van der Waals surface area contributed by atoms with E-state index < -0.39 is 23.8 Å². The monoisotopic (exact) mass is 486 g/mol. The number of carbonyl (C=O) groups excluding carboxylic acids is 3.